The average molecular weight is 358 g/mol. The number of urea groups is 1. The van der Waals surface area contributed by atoms with Gasteiger partial charge in [0, 0.05) is 22.2 Å². The first kappa shape index (κ1) is 14.6. The Morgan fingerprint density at radius 1 is 1.29 bits per heavy atom. The summed E-state index contributed by atoms with van der Waals surface area (Å²) in [5, 5.41) is 4.88. The molecule has 0 atom stereocenters. The van der Waals surface area contributed by atoms with Crippen LogP contribution in [0, 0.1) is 0 Å². The predicted molar refractivity (Wildman–Crippen MR) is 74.7 cm³/mol. The molecular formula is C9H8BrCl2N2O2P. The van der Waals surface area contributed by atoms with Gasteiger partial charge in [-0.3, -0.25) is 4.57 Å². The number of carbonyl (C=O) groups excluding carboxylic acids is 1. The second-order valence-electron chi connectivity index (χ2n) is 2.92. The Labute approximate surface area is 116 Å². The average Bonchev–Trinajstić information content (AvgIpc) is 2.19. The maximum Gasteiger partial charge on any atom is 0.323 e. The van der Waals surface area contributed by atoms with Gasteiger partial charge in [0.2, 0.25) is 0 Å². The van der Waals surface area contributed by atoms with Crippen LogP contribution in [0.15, 0.2) is 40.8 Å². The second-order valence-corrected chi connectivity index (χ2v) is 8.67. The number of benzene rings is 1. The minimum atomic E-state index is -3.30. The van der Waals surface area contributed by atoms with E-state index in [2.05, 4.69) is 26.6 Å². The minimum absolute atomic E-state index is 0.481. The second kappa shape index (κ2) is 6.45. The molecule has 0 heterocycles. The first-order valence-electron chi connectivity index (χ1n) is 4.37. The summed E-state index contributed by atoms with van der Waals surface area (Å²) in [7, 11) is 0. The van der Waals surface area contributed by atoms with Crippen molar-refractivity contribution >= 4 is 56.0 Å². The summed E-state index contributed by atoms with van der Waals surface area (Å²) in [5.74, 6) is -2.27. The van der Waals surface area contributed by atoms with Crippen molar-refractivity contribution in [1.29, 1.82) is 0 Å². The quantitative estimate of drug-likeness (QED) is 0.769. The molecule has 0 aliphatic heterocycles. The number of hydrogen-bond acceptors (Lipinski definition) is 2. The van der Waals surface area contributed by atoms with E-state index in [1.807, 2.05) is 0 Å². The number of rotatable bonds is 3. The Balaban J connectivity index is 2.48. The summed E-state index contributed by atoms with van der Waals surface area (Å²) in [6.45, 7) is 0. The number of hydrogen-bond donors (Lipinski definition) is 2. The Morgan fingerprint density at radius 3 is 2.41 bits per heavy atom. The van der Waals surface area contributed by atoms with Gasteiger partial charge in [-0.15, -0.1) is 0 Å². The van der Waals surface area contributed by atoms with Crippen molar-refractivity contribution in [2.45, 2.75) is 0 Å². The van der Waals surface area contributed by atoms with Gasteiger partial charge in [-0.25, -0.2) is 4.79 Å². The molecule has 1 aromatic rings. The number of carbonyl (C=O) groups is 1. The molecule has 8 heteroatoms. The highest BCUT2D eigenvalue weighted by molar-refractivity contribution is 9.10. The molecule has 0 saturated carbocycles. The predicted octanol–water partition coefficient (Wildman–Crippen LogP) is 4.71. The lowest BCUT2D eigenvalue weighted by Crippen LogP contribution is -2.23. The zero-order valence-electron chi connectivity index (χ0n) is 8.36. The van der Waals surface area contributed by atoms with Crippen LogP contribution in [0.4, 0.5) is 10.5 Å². The van der Waals surface area contributed by atoms with Crippen molar-refractivity contribution in [2.75, 3.05) is 5.32 Å². The summed E-state index contributed by atoms with van der Waals surface area (Å²) in [6, 6.07) is 6.54. The van der Waals surface area contributed by atoms with Crippen LogP contribution >= 0.6 is 44.3 Å². The fourth-order valence-electron chi connectivity index (χ4n) is 0.900. The van der Waals surface area contributed by atoms with Gasteiger partial charge in [0.05, 0.1) is 0 Å². The first-order valence-corrected chi connectivity index (χ1v) is 8.74. The van der Waals surface area contributed by atoms with E-state index in [0.717, 1.165) is 16.5 Å². The molecular weight excluding hydrogens is 350 g/mol. The third kappa shape index (κ3) is 6.74. The van der Waals surface area contributed by atoms with E-state index in [9.17, 15) is 9.36 Å². The molecule has 0 aliphatic carbocycles. The molecule has 0 aromatic heterocycles. The van der Waals surface area contributed by atoms with Crippen LogP contribution < -0.4 is 10.6 Å². The van der Waals surface area contributed by atoms with Crippen molar-refractivity contribution in [1.82, 2.24) is 5.32 Å². The lowest BCUT2D eigenvalue weighted by Gasteiger charge is -2.04. The first-order chi connectivity index (χ1) is 7.87. The number of amides is 2. The van der Waals surface area contributed by atoms with Gasteiger partial charge in [0.15, 0.2) is 0 Å². The van der Waals surface area contributed by atoms with Crippen LogP contribution in [-0.2, 0) is 4.57 Å². The highest BCUT2D eigenvalue weighted by Crippen LogP contribution is 2.57. The van der Waals surface area contributed by atoms with Gasteiger partial charge in [-0.2, -0.15) is 0 Å². The van der Waals surface area contributed by atoms with Crippen molar-refractivity contribution in [3.63, 3.8) is 0 Å². The fourth-order valence-corrected chi connectivity index (χ4v) is 1.75. The molecule has 0 aliphatic rings. The SMILES string of the molecule is O=C(N/C=C/P(=O)(Cl)Cl)Nc1ccc(Br)cc1. The van der Waals surface area contributed by atoms with E-state index in [0.29, 0.717) is 5.69 Å². The third-order valence-electron chi connectivity index (χ3n) is 1.56. The Bertz CT molecular complexity index is 472. The van der Waals surface area contributed by atoms with Gasteiger partial charge >= 0.3 is 6.03 Å². The summed E-state index contributed by atoms with van der Waals surface area (Å²) in [6.07, 6.45) is 1.13. The van der Waals surface area contributed by atoms with Crippen LogP contribution in [0.2, 0.25) is 0 Å². The van der Waals surface area contributed by atoms with Crippen molar-refractivity contribution in [3.05, 3.63) is 40.8 Å². The molecule has 0 unspecified atom stereocenters. The lowest BCUT2D eigenvalue weighted by atomic mass is 10.3. The molecule has 2 N–H and O–H groups in total. The summed E-state index contributed by atoms with van der Waals surface area (Å²) in [5.41, 5.74) is 0.624. The van der Waals surface area contributed by atoms with Gasteiger partial charge in [-0.1, -0.05) is 15.9 Å². The van der Waals surface area contributed by atoms with E-state index in [1.165, 1.54) is 0 Å². The number of nitrogens with one attached hydrogen (secondary N) is 2. The monoisotopic (exact) mass is 356 g/mol. The molecule has 1 rings (SSSR count). The number of anilines is 1. The zero-order valence-corrected chi connectivity index (χ0v) is 12.4. The summed E-state index contributed by atoms with van der Waals surface area (Å²) in [4.78, 5) is 11.3. The molecule has 0 radical (unpaired) electrons. The van der Waals surface area contributed by atoms with Crippen LogP contribution in [0.25, 0.3) is 0 Å². The van der Waals surface area contributed by atoms with E-state index >= 15 is 0 Å². The molecule has 1 aromatic carbocycles. The summed E-state index contributed by atoms with van der Waals surface area (Å²) < 4.78 is 11.8. The van der Waals surface area contributed by atoms with Gasteiger partial charge < -0.3 is 10.6 Å². The molecule has 17 heavy (non-hydrogen) atoms. The fraction of sp³-hybridized carbons (Fsp3) is 0. The lowest BCUT2D eigenvalue weighted by molar-refractivity contribution is 0.255. The molecule has 0 fully saturated rings. The Hall–Kier alpha value is -0.480. The highest BCUT2D eigenvalue weighted by Gasteiger charge is 2.07. The van der Waals surface area contributed by atoms with Crippen LogP contribution in [0.5, 0.6) is 0 Å². The minimum Gasteiger partial charge on any atom is -0.314 e. The van der Waals surface area contributed by atoms with Crippen molar-refractivity contribution in [2.24, 2.45) is 0 Å². The van der Waals surface area contributed by atoms with Crippen molar-refractivity contribution < 1.29 is 9.36 Å². The standard InChI is InChI=1S/C9H8BrCl2N2O2P/c10-7-1-3-8(4-2-7)14-9(15)13-5-6-17(11,12)16/h1-6H,(H2,13,14,15)/b6-5+. The molecule has 2 amide bonds. The zero-order chi connectivity index (χ0) is 12.9. The van der Waals surface area contributed by atoms with Crippen molar-refractivity contribution in [3.8, 4) is 0 Å². The van der Waals surface area contributed by atoms with Crippen LogP contribution in [0.3, 0.4) is 0 Å². The maximum absolute atomic E-state index is 11.3. The molecule has 92 valence electrons. The number of halogens is 3. The van der Waals surface area contributed by atoms with Crippen LogP contribution in [0.1, 0.15) is 0 Å². The highest BCUT2D eigenvalue weighted by atomic mass is 79.9. The Kier molecular flexibility index (Phi) is 5.53. The largest absolute Gasteiger partial charge is 0.323 e. The van der Waals surface area contributed by atoms with E-state index in [1.54, 1.807) is 24.3 Å². The molecule has 0 saturated heterocycles. The Morgan fingerprint density at radius 2 is 1.88 bits per heavy atom. The van der Waals surface area contributed by atoms with Gasteiger partial charge in [0.25, 0.3) is 5.85 Å². The smallest absolute Gasteiger partial charge is 0.314 e. The van der Waals surface area contributed by atoms with E-state index in [-0.39, 0.29) is 0 Å². The maximum atomic E-state index is 11.3. The molecule has 0 spiro atoms. The van der Waals surface area contributed by atoms with Gasteiger partial charge in [0.1, 0.15) is 0 Å². The summed E-state index contributed by atoms with van der Waals surface area (Å²) >= 11 is 13.8. The molecule has 4 nitrogen and oxygen atoms in total. The van der Waals surface area contributed by atoms with Gasteiger partial charge in [-0.05, 0) is 46.7 Å². The normalized spacial score (nSPS) is 11.5. The topological polar surface area (TPSA) is 58.2 Å². The van der Waals surface area contributed by atoms with E-state index < -0.39 is 11.9 Å². The molecule has 0 bridgehead atoms. The van der Waals surface area contributed by atoms with Crippen LogP contribution in [-0.4, -0.2) is 6.03 Å². The third-order valence-corrected chi connectivity index (χ3v) is 3.27. The van der Waals surface area contributed by atoms with E-state index in [4.69, 9.17) is 22.5 Å².